The number of carbonyl (C=O) groups excluding carboxylic acids is 1. The van der Waals surface area contributed by atoms with E-state index in [1.165, 1.54) is 12.5 Å². The second-order valence-electron chi connectivity index (χ2n) is 6.04. The molecule has 2 atom stereocenters. The fourth-order valence-corrected chi connectivity index (χ4v) is 2.46. The van der Waals surface area contributed by atoms with Crippen LogP contribution < -0.4 is 0 Å². The van der Waals surface area contributed by atoms with Crippen LogP contribution in [-0.4, -0.2) is 24.0 Å². The van der Waals surface area contributed by atoms with E-state index >= 15 is 0 Å². The Morgan fingerprint density at radius 2 is 2.14 bits per heavy atom. The number of aliphatic imine (C=N–C) groups is 1. The largest absolute Gasteiger partial charge is 0.470 e. The van der Waals surface area contributed by atoms with Crippen molar-refractivity contribution in [1.82, 2.24) is 0 Å². The Morgan fingerprint density at radius 3 is 2.71 bits per heavy atom. The number of halogens is 2. The maximum absolute atomic E-state index is 13.4. The highest BCUT2D eigenvalue weighted by Gasteiger charge is 2.47. The maximum atomic E-state index is 13.4. The van der Waals surface area contributed by atoms with Gasteiger partial charge in [-0.2, -0.15) is 0 Å². The average molecular weight is 358 g/mol. The highest BCUT2D eigenvalue weighted by molar-refractivity contribution is 9.10. The van der Waals surface area contributed by atoms with Gasteiger partial charge in [0.2, 0.25) is 0 Å². The van der Waals surface area contributed by atoms with Crippen molar-refractivity contribution in [3.8, 4) is 0 Å². The molecule has 114 valence electrons. The molecule has 0 aromatic heterocycles. The number of nitrogens with zero attached hydrogens (tertiary/aromatic N) is 1. The van der Waals surface area contributed by atoms with Crippen molar-refractivity contribution in [2.24, 2.45) is 4.99 Å². The first-order valence-electron chi connectivity index (χ1n) is 6.51. The maximum Gasteiger partial charge on any atom is 0.336 e. The fourth-order valence-electron chi connectivity index (χ4n) is 2.08. The van der Waals surface area contributed by atoms with E-state index in [0.29, 0.717) is 10.0 Å². The Bertz CT molecular complexity index is 597. The van der Waals surface area contributed by atoms with Crippen molar-refractivity contribution in [2.45, 2.75) is 44.9 Å². The van der Waals surface area contributed by atoms with Gasteiger partial charge in [0.05, 0.1) is 4.47 Å². The molecule has 0 radical (unpaired) electrons. The second kappa shape index (κ2) is 5.40. The normalized spacial score (nSPS) is 24.8. The molecule has 2 rings (SSSR count). The zero-order chi connectivity index (χ0) is 15.8. The van der Waals surface area contributed by atoms with E-state index in [4.69, 9.17) is 9.47 Å². The summed E-state index contributed by atoms with van der Waals surface area (Å²) in [5.74, 6) is -0.853. The number of ether oxygens (including phenoxy) is 2. The lowest BCUT2D eigenvalue weighted by Gasteiger charge is -2.30. The van der Waals surface area contributed by atoms with E-state index in [1.807, 2.05) is 0 Å². The highest BCUT2D eigenvalue weighted by Crippen LogP contribution is 2.37. The first-order valence-corrected chi connectivity index (χ1v) is 7.30. The quantitative estimate of drug-likeness (QED) is 0.760. The zero-order valence-electron chi connectivity index (χ0n) is 12.3. The molecule has 0 fully saturated rings. The van der Waals surface area contributed by atoms with E-state index < -0.39 is 23.2 Å². The summed E-state index contributed by atoms with van der Waals surface area (Å²) in [4.78, 5) is 16.4. The lowest BCUT2D eigenvalue weighted by Crippen LogP contribution is -2.42. The van der Waals surface area contributed by atoms with Crippen molar-refractivity contribution in [3.05, 3.63) is 34.1 Å². The lowest BCUT2D eigenvalue weighted by atomic mass is 9.88. The molecular weight excluding hydrogens is 341 g/mol. The van der Waals surface area contributed by atoms with Crippen LogP contribution in [0.1, 0.15) is 33.3 Å². The Balaban J connectivity index is 2.32. The van der Waals surface area contributed by atoms with Crippen molar-refractivity contribution >= 4 is 28.3 Å². The molecule has 0 amide bonds. The van der Waals surface area contributed by atoms with Gasteiger partial charge in [-0.05, 0) is 61.3 Å². The third-order valence-corrected chi connectivity index (χ3v) is 3.76. The molecule has 0 N–H and O–H groups in total. The van der Waals surface area contributed by atoms with Crippen molar-refractivity contribution in [1.29, 1.82) is 0 Å². The minimum absolute atomic E-state index is 0.305. The van der Waals surface area contributed by atoms with Crippen LogP contribution in [0.5, 0.6) is 0 Å². The summed E-state index contributed by atoms with van der Waals surface area (Å²) in [5.41, 5.74) is -0.984. The van der Waals surface area contributed by atoms with Gasteiger partial charge in [-0.25, -0.2) is 14.2 Å². The molecule has 6 heteroatoms. The first-order chi connectivity index (χ1) is 9.63. The van der Waals surface area contributed by atoms with Crippen LogP contribution in [0.25, 0.3) is 0 Å². The third-order valence-electron chi connectivity index (χ3n) is 3.15. The van der Waals surface area contributed by atoms with Crippen LogP contribution in [-0.2, 0) is 19.9 Å². The number of rotatable bonds is 2. The van der Waals surface area contributed by atoms with Crippen molar-refractivity contribution < 1.29 is 18.7 Å². The molecule has 1 aromatic rings. The van der Waals surface area contributed by atoms with Crippen LogP contribution >= 0.6 is 15.9 Å². The number of hydrogen-bond acceptors (Lipinski definition) is 4. The van der Waals surface area contributed by atoms with Crippen LogP contribution in [0, 0.1) is 5.82 Å². The molecule has 0 saturated heterocycles. The number of carbonyl (C=O) groups is 1. The Hall–Kier alpha value is -1.43. The second-order valence-corrected chi connectivity index (χ2v) is 6.90. The molecule has 21 heavy (non-hydrogen) atoms. The van der Waals surface area contributed by atoms with Gasteiger partial charge >= 0.3 is 5.97 Å². The van der Waals surface area contributed by atoms with Gasteiger partial charge in [0.1, 0.15) is 11.4 Å². The molecular formula is C15H17BrFNO3. The van der Waals surface area contributed by atoms with E-state index in [1.54, 1.807) is 39.8 Å². The molecule has 1 aliphatic rings. The van der Waals surface area contributed by atoms with Gasteiger partial charge in [0.15, 0.2) is 18.0 Å². The Kier molecular flexibility index (Phi) is 4.10. The van der Waals surface area contributed by atoms with E-state index in [2.05, 4.69) is 20.9 Å². The number of hydrogen-bond donors (Lipinski definition) is 0. The summed E-state index contributed by atoms with van der Waals surface area (Å²) in [6, 6.07) is 3.65. The van der Waals surface area contributed by atoms with E-state index in [9.17, 15) is 9.18 Å². The molecule has 0 spiro atoms. The summed E-state index contributed by atoms with van der Waals surface area (Å²) >= 11 is 3.14. The first kappa shape index (κ1) is 15.9. The van der Waals surface area contributed by atoms with E-state index in [0.717, 1.165) is 0 Å². The van der Waals surface area contributed by atoms with Crippen molar-refractivity contribution in [2.75, 3.05) is 0 Å². The third kappa shape index (κ3) is 3.26. The summed E-state index contributed by atoms with van der Waals surface area (Å²) in [6.45, 7) is 7.09. The smallest absolute Gasteiger partial charge is 0.336 e. The molecule has 0 saturated carbocycles. The topological polar surface area (TPSA) is 47.9 Å². The van der Waals surface area contributed by atoms with Gasteiger partial charge in [-0.15, -0.1) is 0 Å². The molecule has 0 unspecified atom stereocenters. The van der Waals surface area contributed by atoms with Crippen LogP contribution in [0.3, 0.4) is 0 Å². The zero-order valence-corrected chi connectivity index (χ0v) is 13.9. The van der Waals surface area contributed by atoms with E-state index in [-0.39, 0.29) is 5.82 Å². The minimum atomic E-state index is -1.02. The predicted molar refractivity (Wildman–Crippen MR) is 80.7 cm³/mol. The van der Waals surface area contributed by atoms with Gasteiger partial charge in [-0.1, -0.05) is 6.07 Å². The summed E-state index contributed by atoms with van der Waals surface area (Å²) in [6.07, 6.45) is 1.24. The van der Waals surface area contributed by atoms with Crippen LogP contribution in [0.4, 0.5) is 4.39 Å². The molecule has 1 heterocycles. The Labute approximate surface area is 131 Å². The molecule has 1 aromatic carbocycles. The summed E-state index contributed by atoms with van der Waals surface area (Å²) in [7, 11) is 0. The average Bonchev–Trinajstić information content (AvgIpc) is 2.74. The highest BCUT2D eigenvalue weighted by atomic mass is 79.9. The standard InChI is InChI=1S/C15H17BrFNO3/c1-14(2,3)21-13(19)12-15(4,20-8-18-12)9-5-6-11(17)10(16)7-9/h5-8,12H,1-4H3/t12-,15-/m0/s1. The summed E-state index contributed by atoms with van der Waals surface area (Å²) in [5, 5.41) is 0. The van der Waals surface area contributed by atoms with Crippen LogP contribution in [0.15, 0.2) is 27.7 Å². The Morgan fingerprint density at radius 1 is 1.48 bits per heavy atom. The summed E-state index contributed by atoms with van der Waals surface area (Å²) < 4.78 is 24.6. The van der Waals surface area contributed by atoms with Gasteiger partial charge in [-0.3, -0.25) is 0 Å². The van der Waals surface area contributed by atoms with Gasteiger partial charge < -0.3 is 9.47 Å². The van der Waals surface area contributed by atoms with Crippen molar-refractivity contribution in [3.63, 3.8) is 0 Å². The molecule has 0 bridgehead atoms. The van der Waals surface area contributed by atoms with Crippen LogP contribution in [0.2, 0.25) is 0 Å². The minimum Gasteiger partial charge on any atom is -0.470 e. The molecule has 4 nitrogen and oxygen atoms in total. The van der Waals surface area contributed by atoms with Gasteiger partial charge in [0, 0.05) is 0 Å². The monoisotopic (exact) mass is 357 g/mol. The number of benzene rings is 1. The molecule has 0 aliphatic carbocycles. The predicted octanol–water partition coefficient (Wildman–Crippen LogP) is 3.57. The number of esters is 1. The van der Waals surface area contributed by atoms with Gasteiger partial charge in [0.25, 0.3) is 0 Å². The lowest BCUT2D eigenvalue weighted by molar-refractivity contribution is -0.160. The SMILES string of the molecule is CC(C)(C)OC(=O)[C@@H]1N=CO[C@@]1(C)c1ccc(F)c(Br)c1. The fraction of sp³-hybridized carbons (Fsp3) is 0.467. The molecule has 1 aliphatic heterocycles.